The molecule has 1 aliphatic rings. The molecule has 4 heteroatoms. The van der Waals surface area contributed by atoms with Crippen LogP contribution >= 0.6 is 0 Å². The normalized spacial score (nSPS) is 18.9. The first-order valence-corrected chi connectivity index (χ1v) is 4.43. The average Bonchev–Trinajstić information content (AvgIpc) is 2.30. The van der Waals surface area contributed by atoms with Gasteiger partial charge in [0.25, 0.3) is 5.91 Å². The van der Waals surface area contributed by atoms with Crippen LogP contribution in [0.15, 0.2) is 46.6 Å². The molecule has 15 heavy (non-hydrogen) atoms. The molecule has 0 aromatic heterocycles. The van der Waals surface area contributed by atoms with E-state index in [4.69, 9.17) is 5.26 Å². The molecular formula is C11H7N3O. The van der Waals surface area contributed by atoms with Gasteiger partial charge in [-0.15, -0.1) is 5.11 Å². The lowest BCUT2D eigenvalue weighted by Gasteiger charge is -2.10. The predicted molar refractivity (Wildman–Crippen MR) is 52.9 cm³/mol. The zero-order valence-corrected chi connectivity index (χ0v) is 7.79. The highest BCUT2D eigenvalue weighted by molar-refractivity contribution is 5.88. The maximum atomic E-state index is 10.8. The van der Waals surface area contributed by atoms with E-state index in [9.17, 15) is 4.79 Å². The van der Waals surface area contributed by atoms with Crippen molar-refractivity contribution in [3.8, 4) is 6.07 Å². The number of rotatable bonds is 1. The van der Waals surface area contributed by atoms with Crippen LogP contribution in [0.1, 0.15) is 17.2 Å². The van der Waals surface area contributed by atoms with Crippen LogP contribution in [-0.4, -0.2) is 5.91 Å². The van der Waals surface area contributed by atoms with E-state index in [1.54, 1.807) is 18.2 Å². The van der Waals surface area contributed by atoms with E-state index in [1.165, 1.54) is 6.08 Å². The first-order valence-electron chi connectivity index (χ1n) is 4.43. The molecule has 0 N–H and O–H groups in total. The van der Waals surface area contributed by atoms with Crippen LogP contribution in [-0.2, 0) is 4.79 Å². The molecule has 1 unspecified atom stereocenters. The van der Waals surface area contributed by atoms with Gasteiger partial charge in [0.1, 0.15) is 6.04 Å². The number of carbonyl (C=O) groups excluding carboxylic acids is 1. The summed E-state index contributed by atoms with van der Waals surface area (Å²) in [5.41, 5.74) is 1.33. The molecule has 0 spiro atoms. The van der Waals surface area contributed by atoms with E-state index in [0.29, 0.717) is 5.56 Å². The Morgan fingerprint density at radius 2 is 2.13 bits per heavy atom. The molecule has 4 nitrogen and oxygen atoms in total. The van der Waals surface area contributed by atoms with E-state index < -0.39 is 0 Å². The summed E-state index contributed by atoms with van der Waals surface area (Å²) in [6, 6.07) is 8.91. The topological polar surface area (TPSA) is 65.6 Å². The van der Waals surface area contributed by atoms with E-state index in [0.717, 1.165) is 5.56 Å². The molecule has 0 bridgehead atoms. The number of carbonyl (C=O) groups is 1. The van der Waals surface area contributed by atoms with Crippen molar-refractivity contribution in [1.82, 2.24) is 0 Å². The summed E-state index contributed by atoms with van der Waals surface area (Å²) in [6.45, 7) is 0. The smallest absolute Gasteiger partial charge is 0.266 e. The van der Waals surface area contributed by atoms with E-state index in [2.05, 4.69) is 16.3 Å². The minimum atomic E-state index is -0.360. The molecule has 0 fully saturated rings. The Balaban J connectivity index is 2.39. The number of azo groups is 1. The van der Waals surface area contributed by atoms with Crippen molar-refractivity contribution in [2.75, 3.05) is 0 Å². The Morgan fingerprint density at radius 1 is 1.33 bits per heavy atom. The second-order valence-corrected chi connectivity index (χ2v) is 3.06. The van der Waals surface area contributed by atoms with Gasteiger partial charge >= 0.3 is 0 Å². The summed E-state index contributed by atoms with van der Waals surface area (Å²) in [6.07, 6.45) is 3.01. The lowest BCUT2D eigenvalue weighted by Crippen LogP contribution is -2.01. The molecule has 1 amide bonds. The number of hydrogen-bond acceptors (Lipinski definition) is 3. The standard InChI is InChI=1S/C11H7N3O/c12-7-8-3-1-2-4-9(8)10-5-6-11(15)14-13-10/h1-6,10H. The second-order valence-electron chi connectivity index (χ2n) is 3.06. The van der Waals surface area contributed by atoms with Crippen LogP contribution in [0.5, 0.6) is 0 Å². The van der Waals surface area contributed by atoms with Gasteiger partial charge in [-0.25, -0.2) is 0 Å². The van der Waals surface area contributed by atoms with Crippen LogP contribution in [0, 0.1) is 11.3 Å². The van der Waals surface area contributed by atoms with Gasteiger partial charge in [0, 0.05) is 11.6 Å². The molecule has 1 atom stereocenters. The molecule has 0 radical (unpaired) electrons. The number of benzene rings is 1. The molecule has 0 saturated carbocycles. The highest BCUT2D eigenvalue weighted by atomic mass is 16.1. The fraction of sp³-hybridized carbons (Fsp3) is 0.0909. The third-order valence-electron chi connectivity index (χ3n) is 2.10. The van der Waals surface area contributed by atoms with E-state index in [1.807, 2.05) is 12.1 Å². The molecule has 1 heterocycles. The fourth-order valence-corrected chi connectivity index (χ4v) is 1.39. The van der Waals surface area contributed by atoms with Crippen LogP contribution in [0.4, 0.5) is 0 Å². The van der Waals surface area contributed by atoms with Gasteiger partial charge in [-0.05, 0) is 12.1 Å². The Bertz CT molecular complexity index is 481. The van der Waals surface area contributed by atoms with E-state index >= 15 is 0 Å². The molecule has 0 saturated heterocycles. The minimum absolute atomic E-state index is 0.321. The average molecular weight is 197 g/mol. The molecule has 1 aromatic rings. The minimum Gasteiger partial charge on any atom is -0.266 e. The SMILES string of the molecule is N#Cc1ccccc1C1C=CC(=O)N=N1. The van der Waals surface area contributed by atoms with Crippen molar-refractivity contribution in [3.63, 3.8) is 0 Å². The Kier molecular flexibility index (Phi) is 2.38. The maximum absolute atomic E-state index is 10.8. The highest BCUT2D eigenvalue weighted by Crippen LogP contribution is 2.24. The van der Waals surface area contributed by atoms with Crippen molar-refractivity contribution < 1.29 is 4.79 Å². The van der Waals surface area contributed by atoms with Crippen molar-refractivity contribution in [2.24, 2.45) is 10.2 Å². The third kappa shape index (κ3) is 1.81. The number of amides is 1. The van der Waals surface area contributed by atoms with Gasteiger partial charge in [0.15, 0.2) is 0 Å². The lowest BCUT2D eigenvalue weighted by atomic mass is 10.0. The summed E-state index contributed by atoms with van der Waals surface area (Å²) < 4.78 is 0. The van der Waals surface area contributed by atoms with Gasteiger partial charge in [-0.3, -0.25) is 4.79 Å². The molecular weight excluding hydrogens is 190 g/mol. The monoisotopic (exact) mass is 197 g/mol. The Morgan fingerprint density at radius 3 is 2.80 bits per heavy atom. The van der Waals surface area contributed by atoms with Gasteiger partial charge in [0.05, 0.1) is 11.6 Å². The highest BCUT2D eigenvalue weighted by Gasteiger charge is 2.14. The predicted octanol–water partition coefficient (Wildman–Crippen LogP) is 2.15. The fourth-order valence-electron chi connectivity index (χ4n) is 1.39. The molecule has 1 aromatic carbocycles. The van der Waals surface area contributed by atoms with Crippen molar-refractivity contribution in [1.29, 1.82) is 5.26 Å². The summed E-state index contributed by atoms with van der Waals surface area (Å²) in [5, 5.41) is 16.2. The van der Waals surface area contributed by atoms with Crippen LogP contribution in [0.3, 0.4) is 0 Å². The molecule has 2 rings (SSSR count). The van der Waals surface area contributed by atoms with Crippen LogP contribution in [0.2, 0.25) is 0 Å². The molecule has 1 aliphatic heterocycles. The lowest BCUT2D eigenvalue weighted by molar-refractivity contribution is -0.114. The van der Waals surface area contributed by atoms with Gasteiger partial charge < -0.3 is 0 Å². The summed E-state index contributed by atoms with van der Waals surface area (Å²) in [5.74, 6) is -0.360. The maximum Gasteiger partial charge on any atom is 0.287 e. The molecule has 72 valence electrons. The Hall–Kier alpha value is -2.28. The first kappa shape index (κ1) is 9.28. The quantitative estimate of drug-likeness (QED) is 0.692. The second kappa shape index (κ2) is 3.84. The van der Waals surface area contributed by atoms with Crippen molar-refractivity contribution in [3.05, 3.63) is 47.5 Å². The zero-order chi connectivity index (χ0) is 10.7. The summed E-state index contributed by atoms with van der Waals surface area (Å²) in [7, 11) is 0. The Labute approximate surface area is 86.6 Å². The van der Waals surface area contributed by atoms with Gasteiger partial charge in [-0.1, -0.05) is 18.2 Å². The van der Waals surface area contributed by atoms with Crippen LogP contribution in [0.25, 0.3) is 0 Å². The number of hydrogen-bond donors (Lipinski definition) is 0. The zero-order valence-electron chi connectivity index (χ0n) is 7.79. The summed E-state index contributed by atoms with van der Waals surface area (Å²) in [4.78, 5) is 10.8. The number of nitrogens with zero attached hydrogens (tertiary/aromatic N) is 3. The summed E-state index contributed by atoms with van der Waals surface area (Å²) >= 11 is 0. The van der Waals surface area contributed by atoms with Crippen molar-refractivity contribution in [2.45, 2.75) is 6.04 Å². The van der Waals surface area contributed by atoms with Crippen LogP contribution < -0.4 is 0 Å². The first-order chi connectivity index (χ1) is 7.31. The van der Waals surface area contributed by atoms with Gasteiger partial charge in [-0.2, -0.15) is 10.4 Å². The van der Waals surface area contributed by atoms with Gasteiger partial charge in [0.2, 0.25) is 0 Å². The number of nitriles is 1. The molecule has 0 aliphatic carbocycles. The third-order valence-corrected chi connectivity index (χ3v) is 2.10. The van der Waals surface area contributed by atoms with Crippen molar-refractivity contribution >= 4 is 5.91 Å². The largest absolute Gasteiger partial charge is 0.287 e. The van der Waals surface area contributed by atoms with E-state index in [-0.39, 0.29) is 11.9 Å².